The minimum atomic E-state index is -0.506. The average Bonchev–Trinajstić information content (AvgIpc) is 2.83. The molecule has 2 atom stereocenters. The average molecular weight is 267 g/mol. The molecule has 2 aliphatic rings. The third-order valence-corrected chi connectivity index (χ3v) is 3.50. The Hall–Kier alpha value is -1.59. The van der Waals surface area contributed by atoms with E-state index < -0.39 is 6.04 Å². The molecule has 3 rings (SSSR count). The molecule has 1 aromatic rings. The highest BCUT2D eigenvalue weighted by Crippen LogP contribution is 2.31. The van der Waals surface area contributed by atoms with Crippen LogP contribution in [0.3, 0.4) is 0 Å². The Labute approximate surface area is 109 Å². The Morgan fingerprint density at radius 3 is 2.56 bits per heavy atom. The van der Waals surface area contributed by atoms with Crippen molar-refractivity contribution in [3.05, 3.63) is 29.3 Å². The fourth-order valence-electron chi connectivity index (χ4n) is 2.31. The zero-order chi connectivity index (χ0) is 12.9. The second kappa shape index (κ2) is 3.96. The fourth-order valence-corrected chi connectivity index (χ4v) is 2.44. The molecule has 1 unspecified atom stereocenters. The van der Waals surface area contributed by atoms with Gasteiger partial charge in [0.05, 0.1) is 11.8 Å². The molecule has 6 heteroatoms. The quantitative estimate of drug-likeness (QED) is 0.729. The van der Waals surface area contributed by atoms with Crippen molar-refractivity contribution in [3.8, 4) is 0 Å². The second-order valence-electron chi connectivity index (χ2n) is 4.35. The first kappa shape index (κ1) is 11.5. The number of hydrogen-bond donors (Lipinski definition) is 0. The molecule has 94 valence electrons. The van der Waals surface area contributed by atoms with Crippen molar-refractivity contribution < 1.29 is 14.3 Å². The van der Waals surface area contributed by atoms with Crippen LogP contribution in [0.2, 0.25) is 5.02 Å². The summed E-state index contributed by atoms with van der Waals surface area (Å²) in [5, 5.41) is 0.565. The van der Waals surface area contributed by atoms with Crippen molar-refractivity contribution in [3.63, 3.8) is 0 Å². The first-order valence-corrected chi connectivity index (χ1v) is 5.99. The van der Waals surface area contributed by atoms with Gasteiger partial charge >= 0.3 is 6.03 Å². The van der Waals surface area contributed by atoms with Crippen LogP contribution in [-0.2, 0) is 9.53 Å². The van der Waals surface area contributed by atoms with Gasteiger partial charge in [-0.15, -0.1) is 0 Å². The number of halogens is 1. The molecule has 2 aliphatic heterocycles. The summed E-state index contributed by atoms with van der Waals surface area (Å²) in [5.41, 5.74) is 0.538. The monoisotopic (exact) mass is 266 g/mol. The molecule has 0 aliphatic carbocycles. The lowest BCUT2D eigenvalue weighted by atomic mass is 10.2. The van der Waals surface area contributed by atoms with Crippen LogP contribution in [0.25, 0.3) is 0 Å². The SMILES string of the molecule is CC1OCN2C(=O)N(c3ccc(Cl)cc3)C(=O)[C@H]12. The number of carbonyl (C=O) groups excluding carboxylic acids is 2. The van der Waals surface area contributed by atoms with Crippen molar-refractivity contribution in [2.24, 2.45) is 0 Å². The number of ether oxygens (including phenoxy) is 1. The van der Waals surface area contributed by atoms with Crippen molar-refractivity contribution >= 4 is 29.2 Å². The van der Waals surface area contributed by atoms with E-state index in [0.717, 1.165) is 0 Å². The van der Waals surface area contributed by atoms with Crippen LogP contribution in [0.15, 0.2) is 24.3 Å². The molecule has 0 aromatic heterocycles. The predicted molar refractivity (Wildman–Crippen MR) is 65.4 cm³/mol. The third kappa shape index (κ3) is 1.51. The zero-order valence-electron chi connectivity index (χ0n) is 9.67. The minimum Gasteiger partial charge on any atom is -0.355 e. The number of rotatable bonds is 1. The number of anilines is 1. The number of benzene rings is 1. The maximum absolute atomic E-state index is 12.2. The highest BCUT2D eigenvalue weighted by atomic mass is 35.5. The van der Waals surface area contributed by atoms with E-state index in [4.69, 9.17) is 16.3 Å². The summed E-state index contributed by atoms with van der Waals surface area (Å²) in [6.07, 6.45) is -0.265. The fraction of sp³-hybridized carbons (Fsp3) is 0.333. The molecule has 0 radical (unpaired) electrons. The molecule has 1 aromatic carbocycles. The molecule has 0 saturated carbocycles. The van der Waals surface area contributed by atoms with Gasteiger partial charge in [-0.3, -0.25) is 9.69 Å². The molecular formula is C12H11ClN2O3. The van der Waals surface area contributed by atoms with Crippen molar-refractivity contribution in [1.82, 2.24) is 4.90 Å². The van der Waals surface area contributed by atoms with Crippen LogP contribution >= 0.6 is 11.6 Å². The number of amides is 3. The molecule has 0 bridgehead atoms. The maximum Gasteiger partial charge on any atom is 0.334 e. The van der Waals surface area contributed by atoms with Gasteiger partial charge in [0.2, 0.25) is 0 Å². The maximum atomic E-state index is 12.2. The van der Waals surface area contributed by atoms with E-state index in [1.807, 2.05) is 0 Å². The van der Waals surface area contributed by atoms with Gasteiger partial charge in [0, 0.05) is 5.02 Å². The van der Waals surface area contributed by atoms with Gasteiger partial charge < -0.3 is 4.74 Å². The van der Waals surface area contributed by atoms with Gasteiger partial charge in [0.1, 0.15) is 12.8 Å². The molecule has 0 N–H and O–H groups in total. The van der Waals surface area contributed by atoms with E-state index in [9.17, 15) is 9.59 Å². The lowest BCUT2D eigenvalue weighted by Gasteiger charge is -2.15. The summed E-state index contributed by atoms with van der Waals surface area (Å²) in [5.74, 6) is -0.243. The summed E-state index contributed by atoms with van der Waals surface area (Å²) < 4.78 is 5.30. The van der Waals surface area contributed by atoms with Crippen molar-refractivity contribution in [2.75, 3.05) is 11.6 Å². The lowest BCUT2D eigenvalue weighted by Crippen LogP contribution is -2.35. The van der Waals surface area contributed by atoms with Gasteiger partial charge in [-0.25, -0.2) is 9.69 Å². The Kier molecular flexibility index (Phi) is 2.53. The molecule has 5 nitrogen and oxygen atoms in total. The van der Waals surface area contributed by atoms with Gasteiger partial charge in [0.25, 0.3) is 5.91 Å². The normalized spacial score (nSPS) is 27.0. The lowest BCUT2D eigenvalue weighted by molar-refractivity contribution is -0.120. The summed E-state index contributed by atoms with van der Waals surface area (Å²) in [6.45, 7) is 1.96. The highest BCUT2D eigenvalue weighted by Gasteiger charge is 2.52. The number of urea groups is 1. The topological polar surface area (TPSA) is 49.9 Å². The van der Waals surface area contributed by atoms with Crippen molar-refractivity contribution in [2.45, 2.75) is 19.1 Å². The molecule has 3 amide bonds. The smallest absolute Gasteiger partial charge is 0.334 e. The Balaban J connectivity index is 1.97. The largest absolute Gasteiger partial charge is 0.355 e. The van der Waals surface area contributed by atoms with Crippen LogP contribution in [0.5, 0.6) is 0 Å². The second-order valence-corrected chi connectivity index (χ2v) is 4.78. The van der Waals surface area contributed by atoms with Gasteiger partial charge in [-0.05, 0) is 31.2 Å². The molecule has 0 spiro atoms. The van der Waals surface area contributed by atoms with Gasteiger partial charge in [-0.2, -0.15) is 0 Å². The Morgan fingerprint density at radius 1 is 1.28 bits per heavy atom. The van der Waals surface area contributed by atoms with Crippen LogP contribution < -0.4 is 4.90 Å². The molecule has 2 saturated heterocycles. The van der Waals surface area contributed by atoms with E-state index in [1.165, 1.54) is 9.80 Å². The molecule has 2 heterocycles. The summed E-state index contributed by atoms with van der Waals surface area (Å²) in [6, 6.07) is 5.78. The Morgan fingerprint density at radius 2 is 1.94 bits per heavy atom. The van der Waals surface area contributed by atoms with E-state index in [0.29, 0.717) is 10.7 Å². The van der Waals surface area contributed by atoms with Crippen LogP contribution in [-0.4, -0.2) is 35.7 Å². The highest BCUT2D eigenvalue weighted by molar-refractivity contribution is 6.30. The number of carbonyl (C=O) groups is 2. The minimum absolute atomic E-state index is 0.167. The summed E-state index contributed by atoms with van der Waals surface area (Å²) in [7, 11) is 0. The number of imide groups is 1. The van der Waals surface area contributed by atoms with Crippen molar-refractivity contribution in [1.29, 1.82) is 0 Å². The number of fused-ring (bicyclic) bond motifs is 1. The van der Waals surface area contributed by atoms with E-state index in [-0.39, 0.29) is 24.8 Å². The first-order chi connectivity index (χ1) is 8.59. The van der Waals surface area contributed by atoms with Crippen LogP contribution in [0.4, 0.5) is 10.5 Å². The van der Waals surface area contributed by atoms with E-state index >= 15 is 0 Å². The van der Waals surface area contributed by atoms with Crippen LogP contribution in [0, 0.1) is 0 Å². The molecule has 2 fully saturated rings. The van der Waals surface area contributed by atoms with Gasteiger partial charge in [-0.1, -0.05) is 11.6 Å². The van der Waals surface area contributed by atoms with E-state index in [2.05, 4.69) is 0 Å². The molecular weight excluding hydrogens is 256 g/mol. The summed E-state index contributed by atoms with van der Waals surface area (Å²) >= 11 is 5.79. The van der Waals surface area contributed by atoms with Crippen LogP contribution in [0.1, 0.15) is 6.92 Å². The Bertz CT molecular complexity index is 517. The van der Waals surface area contributed by atoms with E-state index in [1.54, 1.807) is 31.2 Å². The first-order valence-electron chi connectivity index (χ1n) is 5.61. The van der Waals surface area contributed by atoms with Gasteiger partial charge in [0.15, 0.2) is 0 Å². The molecule has 18 heavy (non-hydrogen) atoms. The third-order valence-electron chi connectivity index (χ3n) is 3.25. The zero-order valence-corrected chi connectivity index (χ0v) is 10.4. The predicted octanol–water partition coefficient (Wildman–Crippen LogP) is 1.85. The number of nitrogens with zero attached hydrogens (tertiary/aromatic N) is 2. The number of hydrogen-bond acceptors (Lipinski definition) is 3. The standard InChI is InChI=1S/C12H11ClN2O3/c1-7-10-11(16)15(12(17)14(10)6-18-7)9-4-2-8(13)3-5-9/h2-5,7,10H,6H2,1H3/t7?,10-/m0/s1. The summed E-state index contributed by atoms with van der Waals surface area (Å²) in [4.78, 5) is 27.0.